The van der Waals surface area contributed by atoms with Crippen LogP contribution in [0, 0.1) is 19.8 Å². The van der Waals surface area contributed by atoms with Crippen molar-refractivity contribution in [1.82, 2.24) is 0 Å². The maximum Gasteiger partial charge on any atom is 0.316 e. The molecule has 3 amide bonds. The van der Waals surface area contributed by atoms with Crippen LogP contribution in [-0.2, 0) is 9.59 Å². The molecule has 39 heavy (non-hydrogen) atoms. The molecule has 0 radical (unpaired) electrons. The molecule has 0 aliphatic carbocycles. The van der Waals surface area contributed by atoms with Crippen molar-refractivity contribution in [3.63, 3.8) is 0 Å². The smallest absolute Gasteiger partial charge is 0.316 e. The summed E-state index contributed by atoms with van der Waals surface area (Å²) in [6.45, 7) is 3.72. The maximum atomic E-state index is 13.3. The van der Waals surface area contributed by atoms with E-state index >= 15 is 0 Å². The lowest BCUT2D eigenvalue weighted by Gasteiger charge is -2.20. The van der Waals surface area contributed by atoms with E-state index in [4.69, 9.17) is 16.3 Å². The number of carbonyl (C=O) groups excluding carboxylic acids is 4. The Labute approximate surface area is 262 Å². The number of amides is 3. The van der Waals surface area contributed by atoms with E-state index in [1.165, 1.54) is 6.07 Å². The van der Waals surface area contributed by atoms with E-state index in [2.05, 4.69) is 63.7 Å². The molecular formula is C27H17Br4ClN2O5. The first-order valence-electron chi connectivity index (χ1n) is 11.5. The van der Waals surface area contributed by atoms with Gasteiger partial charge < -0.3 is 9.64 Å². The number of carbonyl (C=O) groups is 4. The van der Waals surface area contributed by atoms with Crippen molar-refractivity contribution < 1.29 is 23.9 Å². The molecule has 3 aromatic rings. The zero-order valence-electron chi connectivity index (χ0n) is 20.3. The molecule has 0 bridgehead atoms. The molecule has 3 aromatic carbocycles. The average molecular weight is 805 g/mol. The lowest BCUT2D eigenvalue weighted by atomic mass is 10.1. The number of anilines is 2. The normalized spacial score (nSPS) is 16.8. The fraction of sp³-hybridized carbons (Fsp3) is 0.185. The molecule has 1 fully saturated rings. The summed E-state index contributed by atoms with van der Waals surface area (Å²) in [5.41, 5.74) is 2.83. The van der Waals surface area contributed by atoms with Gasteiger partial charge in [0, 0.05) is 41.6 Å². The van der Waals surface area contributed by atoms with E-state index in [1.807, 2.05) is 6.92 Å². The third-order valence-corrected chi connectivity index (χ3v) is 11.9. The van der Waals surface area contributed by atoms with Crippen LogP contribution in [0.5, 0.6) is 5.75 Å². The van der Waals surface area contributed by atoms with Gasteiger partial charge in [0.25, 0.3) is 11.8 Å². The van der Waals surface area contributed by atoms with Gasteiger partial charge in [0.05, 0.1) is 22.7 Å². The van der Waals surface area contributed by atoms with Crippen molar-refractivity contribution in [3.8, 4) is 5.75 Å². The second-order valence-electron chi connectivity index (χ2n) is 9.11. The number of aryl methyl sites for hydroxylation is 1. The standard InChI is InChI=1S/C27H17Br4ClN2O5/c1-11-8-14(39-27(38)13-9-18(35)33(10-13)17-5-3-4-15(32)12(17)2)6-7-16(11)34-25(36)19-20(26(34)37)22(29)24(31)23(30)21(19)28/h3-8,13H,9-10H2,1-2H3/t13-/m0/s1. The molecule has 0 N–H and O–H groups in total. The van der Waals surface area contributed by atoms with Crippen molar-refractivity contribution in [2.75, 3.05) is 16.3 Å². The fourth-order valence-electron chi connectivity index (χ4n) is 4.70. The van der Waals surface area contributed by atoms with Crippen molar-refractivity contribution in [1.29, 1.82) is 0 Å². The Hall–Kier alpha value is -2.05. The first-order valence-corrected chi connectivity index (χ1v) is 15.1. The van der Waals surface area contributed by atoms with Gasteiger partial charge in [-0.05, 0) is 119 Å². The first kappa shape index (κ1) is 28.5. The topological polar surface area (TPSA) is 84.0 Å². The van der Waals surface area contributed by atoms with Crippen LogP contribution in [0.1, 0.15) is 38.3 Å². The molecule has 12 heteroatoms. The monoisotopic (exact) mass is 800 g/mol. The zero-order chi connectivity index (χ0) is 28.3. The molecule has 0 aromatic heterocycles. The number of benzene rings is 3. The molecule has 1 saturated heterocycles. The summed E-state index contributed by atoms with van der Waals surface area (Å²) >= 11 is 19.9. The Morgan fingerprint density at radius 1 is 0.897 bits per heavy atom. The Morgan fingerprint density at radius 2 is 1.51 bits per heavy atom. The van der Waals surface area contributed by atoms with E-state index in [9.17, 15) is 19.2 Å². The van der Waals surface area contributed by atoms with Crippen LogP contribution in [0.25, 0.3) is 0 Å². The predicted octanol–water partition coefficient (Wildman–Crippen LogP) is 7.77. The van der Waals surface area contributed by atoms with Gasteiger partial charge in [0.15, 0.2) is 0 Å². The summed E-state index contributed by atoms with van der Waals surface area (Å²) in [4.78, 5) is 55.0. The molecule has 7 nitrogen and oxygen atoms in total. The number of ether oxygens (including phenoxy) is 1. The number of esters is 1. The van der Waals surface area contributed by atoms with Crippen LogP contribution >= 0.6 is 75.3 Å². The molecule has 2 aliphatic heterocycles. The van der Waals surface area contributed by atoms with E-state index < -0.39 is 23.7 Å². The second kappa shape index (κ2) is 10.7. The SMILES string of the molecule is Cc1cc(OC(=O)[C@H]2CC(=O)N(c3cccc(Cl)c3C)C2)ccc1N1C(=O)c2c(Br)c(Br)c(Br)c(Br)c2C1=O. The number of halogens is 5. The minimum atomic E-state index is -0.654. The zero-order valence-corrected chi connectivity index (χ0v) is 27.4. The molecule has 200 valence electrons. The molecule has 2 aliphatic rings. The van der Waals surface area contributed by atoms with Gasteiger partial charge in [-0.2, -0.15) is 0 Å². The molecule has 0 saturated carbocycles. The van der Waals surface area contributed by atoms with Crippen LogP contribution in [-0.4, -0.2) is 30.2 Å². The van der Waals surface area contributed by atoms with E-state index in [1.54, 1.807) is 42.2 Å². The van der Waals surface area contributed by atoms with Crippen LogP contribution in [0.2, 0.25) is 5.02 Å². The fourth-order valence-corrected chi connectivity index (χ4v) is 7.32. The summed E-state index contributed by atoms with van der Waals surface area (Å²) in [5, 5.41) is 0.542. The van der Waals surface area contributed by atoms with Crippen LogP contribution in [0.3, 0.4) is 0 Å². The summed E-state index contributed by atoms with van der Waals surface area (Å²) in [6.07, 6.45) is 0.0196. The Balaban J connectivity index is 1.35. The molecule has 5 rings (SSSR count). The number of nitrogens with zero attached hydrogens (tertiary/aromatic N) is 2. The van der Waals surface area contributed by atoms with E-state index in [0.717, 1.165) is 10.5 Å². The molecular weight excluding hydrogens is 787 g/mol. The van der Waals surface area contributed by atoms with Crippen molar-refractivity contribution >= 4 is 110 Å². The van der Waals surface area contributed by atoms with Crippen LogP contribution < -0.4 is 14.5 Å². The van der Waals surface area contributed by atoms with Crippen molar-refractivity contribution in [3.05, 3.63) is 81.6 Å². The highest BCUT2D eigenvalue weighted by atomic mass is 79.9. The predicted molar refractivity (Wildman–Crippen MR) is 162 cm³/mol. The first-order chi connectivity index (χ1) is 18.4. The third kappa shape index (κ3) is 4.80. The number of hydrogen-bond acceptors (Lipinski definition) is 5. The second-order valence-corrected chi connectivity index (χ2v) is 12.7. The third-order valence-electron chi connectivity index (χ3n) is 6.72. The Morgan fingerprint density at radius 3 is 2.10 bits per heavy atom. The molecule has 0 spiro atoms. The molecule has 1 atom stereocenters. The van der Waals surface area contributed by atoms with Gasteiger partial charge >= 0.3 is 5.97 Å². The Kier molecular flexibility index (Phi) is 7.84. The van der Waals surface area contributed by atoms with Gasteiger partial charge in [0.2, 0.25) is 5.91 Å². The number of rotatable bonds is 4. The van der Waals surface area contributed by atoms with E-state index in [-0.39, 0.29) is 35.7 Å². The quantitative estimate of drug-likeness (QED) is 0.0886. The lowest BCUT2D eigenvalue weighted by molar-refractivity contribution is -0.139. The highest BCUT2D eigenvalue weighted by Gasteiger charge is 2.42. The number of imide groups is 1. The van der Waals surface area contributed by atoms with Crippen LogP contribution in [0.4, 0.5) is 11.4 Å². The maximum absolute atomic E-state index is 13.3. The minimum absolute atomic E-state index is 0.0196. The van der Waals surface area contributed by atoms with Gasteiger partial charge in [0.1, 0.15) is 5.75 Å². The van der Waals surface area contributed by atoms with Gasteiger partial charge in [-0.1, -0.05) is 17.7 Å². The lowest BCUT2D eigenvalue weighted by Crippen LogP contribution is -2.30. The summed E-state index contributed by atoms with van der Waals surface area (Å²) in [7, 11) is 0. The summed E-state index contributed by atoms with van der Waals surface area (Å²) in [6, 6.07) is 9.97. The number of hydrogen-bond donors (Lipinski definition) is 0. The van der Waals surface area contributed by atoms with Gasteiger partial charge in [-0.3, -0.25) is 19.2 Å². The highest BCUT2D eigenvalue weighted by molar-refractivity contribution is 9.15. The summed E-state index contributed by atoms with van der Waals surface area (Å²) < 4.78 is 7.74. The largest absolute Gasteiger partial charge is 0.426 e. The van der Waals surface area contributed by atoms with Crippen molar-refractivity contribution in [2.45, 2.75) is 20.3 Å². The minimum Gasteiger partial charge on any atom is -0.426 e. The van der Waals surface area contributed by atoms with Crippen molar-refractivity contribution in [2.24, 2.45) is 5.92 Å². The van der Waals surface area contributed by atoms with Gasteiger partial charge in [-0.25, -0.2) is 4.90 Å². The van der Waals surface area contributed by atoms with E-state index in [0.29, 0.717) is 39.9 Å². The average Bonchev–Trinajstić information content (AvgIpc) is 3.40. The molecule has 2 heterocycles. The number of fused-ring (bicyclic) bond motifs is 1. The van der Waals surface area contributed by atoms with Gasteiger partial charge in [-0.15, -0.1) is 0 Å². The highest BCUT2D eigenvalue weighted by Crippen LogP contribution is 2.46. The summed E-state index contributed by atoms with van der Waals surface area (Å²) in [5.74, 6) is -2.10. The molecule has 0 unspecified atom stereocenters. The van der Waals surface area contributed by atoms with Crippen LogP contribution in [0.15, 0.2) is 54.3 Å². The Bertz CT molecular complexity index is 1580.